The number of rotatable bonds is 4. The fraction of sp³-hybridized carbons (Fsp3) is 0.333. The molecule has 7 heteroatoms. The van der Waals surface area contributed by atoms with Gasteiger partial charge in [-0.1, -0.05) is 5.16 Å². The zero-order chi connectivity index (χ0) is 15.2. The molecule has 1 aliphatic heterocycles. The molecule has 6 nitrogen and oxygen atoms in total. The number of hydrogen-bond donors (Lipinski definition) is 0. The van der Waals surface area contributed by atoms with E-state index in [2.05, 4.69) is 40.9 Å². The normalized spacial score (nSPS) is 14.8. The van der Waals surface area contributed by atoms with E-state index in [0.29, 0.717) is 6.61 Å². The van der Waals surface area contributed by atoms with Crippen LogP contribution in [0.5, 0.6) is 0 Å². The van der Waals surface area contributed by atoms with Gasteiger partial charge in [-0.2, -0.15) is 0 Å². The molecule has 0 aliphatic carbocycles. The molecule has 0 atom stereocenters. The van der Waals surface area contributed by atoms with Crippen LogP contribution in [0.1, 0.15) is 18.4 Å². The van der Waals surface area contributed by atoms with Gasteiger partial charge in [0.2, 0.25) is 5.95 Å². The summed E-state index contributed by atoms with van der Waals surface area (Å²) in [5, 5.41) is 4.24. The van der Waals surface area contributed by atoms with Crippen LogP contribution in [-0.2, 0) is 11.4 Å². The number of nitrogens with zero attached hydrogens (tertiary/aromatic N) is 5. The lowest BCUT2D eigenvalue weighted by Crippen LogP contribution is -2.35. The van der Waals surface area contributed by atoms with Crippen LogP contribution in [0.4, 0.5) is 5.95 Å². The second-order valence-electron chi connectivity index (χ2n) is 4.97. The zero-order valence-corrected chi connectivity index (χ0v) is 13.6. The van der Waals surface area contributed by atoms with E-state index in [0.717, 1.165) is 47.6 Å². The van der Waals surface area contributed by atoms with E-state index < -0.39 is 0 Å². The first kappa shape index (κ1) is 14.9. The molecule has 2 aromatic heterocycles. The van der Waals surface area contributed by atoms with Crippen molar-refractivity contribution in [1.29, 1.82) is 0 Å². The summed E-state index contributed by atoms with van der Waals surface area (Å²) in [6, 6.07) is 3.85. The van der Waals surface area contributed by atoms with Crippen molar-refractivity contribution in [3.05, 3.63) is 47.0 Å². The quantitative estimate of drug-likeness (QED) is 0.783. The third-order valence-electron chi connectivity index (χ3n) is 3.40. The van der Waals surface area contributed by atoms with E-state index >= 15 is 0 Å². The van der Waals surface area contributed by atoms with Gasteiger partial charge >= 0.3 is 0 Å². The molecule has 0 bridgehead atoms. The van der Waals surface area contributed by atoms with E-state index in [1.54, 1.807) is 24.8 Å². The molecule has 0 spiro atoms. The van der Waals surface area contributed by atoms with Crippen molar-refractivity contribution >= 4 is 27.6 Å². The van der Waals surface area contributed by atoms with Crippen LogP contribution >= 0.6 is 15.9 Å². The number of piperidine rings is 1. The monoisotopic (exact) mass is 361 g/mol. The van der Waals surface area contributed by atoms with Gasteiger partial charge in [-0.3, -0.25) is 4.98 Å². The SMILES string of the molecule is Brc1cnc(N2CCC(=NOCc3ccncc3)CC2)nc1. The predicted octanol–water partition coefficient (Wildman–Crippen LogP) is 2.81. The van der Waals surface area contributed by atoms with Crippen molar-refractivity contribution in [2.45, 2.75) is 19.4 Å². The van der Waals surface area contributed by atoms with E-state index in [1.165, 1.54) is 0 Å². The van der Waals surface area contributed by atoms with Crippen LogP contribution in [0, 0.1) is 0 Å². The van der Waals surface area contributed by atoms with Gasteiger partial charge in [-0.05, 0) is 33.6 Å². The fourth-order valence-electron chi connectivity index (χ4n) is 2.20. The molecule has 22 heavy (non-hydrogen) atoms. The highest BCUT2D eigenvalue weighted by atomic mass is 79.9. The molecular weight excluding hydrogens is 346 g/mol. The Morgan fingerprint density at radius 2 is 1.82 bits per heavy atom. The summed E-state index contributed by atoms with van der Waals surface area (Å²) in [5.74, 6) is 0.764. The molecule has 0 amide bonds. The Morgan fingerprint density at radius 3 is 2.50 bits per heavy atom. The van der Waals surface area contributed by atoms with Crippen LogP contribution in [0.25, 0.3) is 0 Å². The van der Waals surface area contributed by atoms with Gasteiger partial charge in [-0.15, -0.1) is 0 Å². The Morgan fingerprint density at radius 1 is 1.14 bits per heavy atom. The third kappa shape index (κ3) is 4.00. The van der Waals surface area contributed by atoms with E-state index in [4.69, 9.17) is 4.84 Å². The first-order chi connectivity index (χ1) is 10.8. The van der Waals surface area contributed by atoms with Gasteiger partial charge in [0.25, 0.3) is 0 Å². The highest BCUT2D eigenvalue weighted by Gasteiger charge is 2.17. The number of oxime groups is 1. The third-order valence-corrected chi connectivity index (χ3v) is 3.81. The minimum absolute atomic E-state index is 0.478. The Kier molecular flexibility index (Phi) is 4.95. The standard InChI is InChI=1S/C15H16BrN5O/c16-13-9-18-15(19-10-13)21-7-3-14(4-8-21)20-22-11-12-1-5-17-6-2-12/h1-2,5-6,9-10H,3-4,7-8,11H2. The van der Waals surface area contributed by atoms with Gasteiger partial charge in [0.1, 0.15) is 6.61 Å². The summed E-state index contributed by atoms with van der Waals surface area (Å²) in [6.07, 6.45) is 8.78. The smallest absolute Gasteiger partial charge is 0.225 e. The summed E-state index contributed by atoms with van der Waals surface area (Å²) in [6.45, 7) is 2.20. The number of hydrogen-bond acceptors (Lipinski definition) is 6. The van der Waals surface area contributed by atoms with Gasteiger partial charge in [0.05, 0.1) is 10.2 Å². The number of aromatic nitrogens is 3. The van der Waals surface area contributed by atoms with Gasteiger partial charge in [0.15, 0.2) is 0 Å². The predicted molar refractivity (Wildman–Crippen MR) is 87.6 cm³/mol. The maximum absolute atomic E-state index is 5.42. The molecule has 114 valence electrons. The van der Waals surface area contributed by atoms with Crippen LogP contribution < -0.4 is 4.90 Å². The molecule has 0 radical (unpaired) electrons. The average molecular weight is 362 g/mol. The number of anilines is 1. The Hall–Kier alpha value is -2.02. The summed E-state index contributed by atoms with van der Waals surface area (Å²) in [7, 11) is 0. The Labute approximate surface area is 137 Å². The van der Waals surface area contributed by atoms with Gasteiger partial charge < -0.3 is 9.74 Å². The van der Waals surface area contributed by atoms with E-state index in [-0.39, 0.29) is 0 Å². The molecule has 2 aromatic rings. The lowest BCUT2D eigenvalue weighted by Gasteiger charge is -2.27. The Balaban J connectivity index is 1.49. The molecule has 1 fully saturated rings. The highest BCUT2D eigenvalue weighted by Crippen LogP contribution is 2.16. The Bertz CT molecular complexity index is 622. The first-order valence-electron chi connectivity index (χ1n) is 7.10. The van der Waals surface area contributed by atoms with Crippen LogP contribution in [0.15, 0.2) is 46.5 Å². The van der Waals surface area contributed by atoms with Gasteiger partial charge in [-0.25, -0.2) is 9.97 Å². The first-order valence-corrected chi connectivity index (χ1v) is 7.89. The molecular formula is C15H16BrN5O. The molecule has 3 heterocycles. The van der Waals surface area contributed by atoms with Crippen LogP contribution in [0.2, 0.25) is 0 Å². The number of halogens is 1. The van der Waals surface area contributed by atoms with E-state index in [9.17, 15) is 0 Å². The largest absolute Gasteiger partial charge is 0.391 e. The van der Waals surface area contributed by atoms with Crippen molar-refractivity contribution in [3.63, 3.8) is 0 Å². The van der Waals surface area contributed by atoms with Gasteiger partial charge in [0, 0.05) is 50.7 Å². The van der Waals surface area contributed by atoms with Crippen LogP contribution in [0.3, 0.4) is 0 Å². The lowest BCUT2D eigenvalue weighted by molar-refractivity contribution is 0.129. The molecule has 0 unspecified atom stereocenters. The van der Waals surface area contributed by atoms with Crippen molar-refractivity contribution in [1.82, 2.24) is 15.0 Å². The second-order valence-corrected chi connectivity index (χ2v) is 5.89. The summed E-state index contributed by atoms with van der Waals surface area (Å²) >= 11 is 3.34. The fourth-order valence-corrected chi connectivity index (χ4v) is 2.41. The second kappa shape index (κ2) is 7.31. The average Bonchev–Trinajstić information content (AvgIpc) is 2.57. The van der Waals surface area contributed by atoms with Crippen molar-refractivity contribution < 1.29 is 4.84 Å². The summed E-state index contributed by atoms with van der Waals surface area (Å²) in [4.78, 5) is 20.2. The topological polar surface area (TPSA) is 63.5 Å². The van der Waals surface area contributed by atoms with Crippen LogP contribution in [-0.4, -0.2) is 33.8 Å². The molecule has 1 aliphatic rings. The zero-order valence-electron chi connectivity index (χ0n) is 12.0. The molecule has 0 saturated carbocycles. The summed E-state index contributed by atoms with van der Waals surface area (Å²) < 4.78 is 0.889. The maximum atomic E-state index is 5.42. The highest BCUT2D eigenvalue weighted by molar-refractivity contribution is 9.10. The maximum Gasteiger partial charge on any atom is 0.225 e. The molecule has 3 rings (SSSR count). The minimum Gasteiger partial charge on any atom is -0.391 e. The van der Waals surface area contributed by atoms with Crippen molar-refractivity contribution in [2.75, 3.05) is 18.0 Å². The molecule has 0 aromatic carbocycles. The van der Waals surface area contributed by atoms with Crippen molar-refractivity contribution in [2.24, 2.45) is 5.16 Å². The lowest BCUT2D eigenvalue weighted by atomic mass is 10.1. The molecule has 1 saturated heterocycles. The minimum atomic E-state index is 0.478. The van der Waals surface area contributed by atoms with E-state index in [1.807, 2.05) is 12.1 Å². The molecule has 0 N–H and O–H groups in total. The summed E-state index contributed by atoms with van der Waals surface area (Å²) in [5.41, 5.74) is 2.16. The number of pyridine rings is 1. The van der Waals surface area contributed by atoms with Crippen molar-refractivity contribution in [3.8, 4) is 0 Å².